The van der Waals surface area contributed by atoms with Gasteiger partial charge in [0.15, 0.2) is 0 Å². The van der Waals surface area contributed by atoms with Crippen LogP contribution in [-0.4, -0.2) is 9.91 Å². The second-order valence-electron chi connectivity index (χ2n) is 4.07. The molecule has 0 aliphatic carbocycles. The third-order valence-corrected chi connectivity index (χ3v) is 3.44. The zero-order valence-electron chi connectivity index (χ0n) is 10.3. The summed E-state index contributed by atoms with van der Waals surface area (Å²) >= 11 is 2.06. The van der Waals surface area contributed by atoms with Crippen molar-refractivity contribution in [1.82, 2.24) is 4.98 Å². The van der Waals surface area contributed by atoms with Crippen molar-refractivity contribution in [2.24, 2.45) is 0 Å². The summed E-state index contributed by atoms with van der Waals surface area (Å²) in [5.41, 5.74) is 2.74. The Kier molecular flexibility index (Phi) is 4.31. The predicted octanol–water partition coefficient (Wildman–Crippen LogP) is 3.51. The van der Waals surface area contributed by atoms with Crippen LogP contribution in [0.5, 0.6) is 0 Å². The molecule has 0 amide bonds. The van der Waals surface area contributed by atoms with E-state index in [4.69, 9.17) is 0 Å². The summed E-state index contributed by atoms with van der Waals surface area (Å²) < 4.78 is 0.840. The van der Waals surface area contributed by atoms with E-state index in [1.54, 1.807) is 24.5 Å². The van der Waals surface area contributed by atoms with Gasteiger partial charge in [0.05, 0.1) is 4.92 Å². The summed E-state index contributed by atoms with van der Waals surface area (Å²) in [6, 6.07) is 7.04. The number of hydrogen-bond acceptors (Lipinski definition) is 4. The van der Waals surface area contributed by atoms with Crippen LogP contribution in [0, 0.1) is 20.6 Å². The van der Waals surface area contributed by atoms with Crippen LogP contribution in [0.2, 0.25) is 0 Å². The number of aromatic nitrogens is 1. The fourth-order valence-electron chi connectivity index (χ4n) is 1.68. The number of hydrogen-bond donors (Lipinski definition) is 1. The molecule has 0 aliphatic rings. The van der Waals surface area contributed by atoms with Crippen LogP contribution in [-0.2, 0) is 6.54 Å². The number of nitro groups is 1. The van der Waals surface area contributed by atoms with Crippen molar-refractivity contribution in [3.63, 3.8) is 0 Å². The maximum atomic E-state index is 11.0. The summed E-state index contributed by atoms with van der Waals surface area (Å²) in [6.45, 7) is 2.50. The van der Waals surface area contributed by atoms with Gasteiger partial charge in [-0.3, -0.25) is 15.1 Å². The largest absolute Gasteiger partial charge is 0.375 e. The van der Waals surface area contributed by atoms with Gasteiger partial charge in [0.2, 0.25) is 0 Å². The molecule has 2 rings (SSSR count). The van der Waals surface area contributed by atoms with E-state index in [1.165, 1.54) is 0 Å². The van der Waals surface area contributed by atoms with Gasteiger partial charge in [0.25, 0.3) is 5.69 Å². The van der Waals surface area contributed by atoms with Crippen LogP contribution in [0.15, 0.2) is 36.7 Å². The molecule has 0 fully saturated rings. The number of halogens is 1. The minimum Gasteiger partial charge on any atom is -0.375 e. The summed E-state index contributed by atoms with van der Waals surface area (Å²) in [5, 5.41) is 14.1. The van der Waals surface area contributed by atoms with Gasteiger partial charge in [0, 0.05) is 28.6 Å². The fraction of sp³-hybridized carbons (Fsp3) is 0.154. The molecule has 19 heavy (non-hydrogen) atoms. The van der Waals surface area contributed by atoms with Crippen LogP contribution in [0.4, 0.5) is 11.4 Å². The van der Waals surface area contributed by atoms with E-state index in [-0.39, 0.29) is 10.6 Å². The predicted molar refractivity (Wildman–Crippen MR) is 82.1 cm³/mol. The molecule has 1 N–H and O–H groups in total. The van der Waals surface area contributed by atoms with E-state index in [0.717, 1.165) is 14.7 Å². The highest BCUT2D eigenvalue weighted by molar-refractivity contribution is 14.1. The van der Waals surface area contributed by atoms with Crippen LogP contribution in [0.3, 0.4) is 0 Å². The molecule has 1 aromatic heterocycles. The lowest BCUT2D eigenvalue weighted by molar-refractivity contribution is -0.384. The van der Waals surface area contributed by atoms with Crippen molar-refractivity contribution in [2.75, 3.05) is 5.32 Å². The maximum absolute atomic E-state index is 11.0. The Morgan fingerprint density at radius 3 is 2.89 bits per heavy atom. The highest BCUT2D eigenvalue weighted by atomic mass is 127. The minimum atomic E-state index is -0.374. The van der Waals surface area contributed by atoms with Crippen LogP contribution in [0.1, 0.15) is 11.1 Å². The quantitative estimate of drug-likeness (QED) is 0.509. The summed E-state index contributed by atoms with van der Waals surface area (Å²) in [4.78, 5) is 14.7. The number of nitro benzene ring substituents is 1. The first-order chi connectivity index (χ1) is 9.08. The lowest BCUT2D eigenvalue weighted by Gasteiger charge is -2.09. The first-order valence-corrected chi connectivity index (χ1v) is 6.73. The molecule has 98 valence electrons. The average molecular weight is 369 g/mol. The van der Waals surface area contributed by atoms with Crippen molar-refractivity contribution in [1.29, 1.82) is 0 Å². The lowest BCUT2D eigenvalue weighted by atomic mass is 10.1. The second kappa shape index (κ2) is 5.96. The lowest BCUT2D eigenvalue weighted by Crippen LogP contribution is -2.04. The summed E-state index contributed by atoms with van der Waals surface area (Å²) in [5.74, 6) is 0. The number of benzene rings is 1. The van der Waals surface area contributed by atoms with Crippen molar-refractivity contribution < 1.29 is 4.92 Å². The highest BCUT2D eigenvalue weighted by Crippen LogP contribution is 2.26. The molecule has 2 aromatic rings. The fourth-order valence-corrected chi connectivity index (χ4v) is 2.15. The number of rotatable bonds is 4. The first kappa shape index (κ1) is 13.7. The first-order valence-electron chi connectivity index (χ1n) is 5.65. The normalized spacial score (nSPS) is 10.2. The smallest absolute Gasteiger partial charge is 0.293 e. The highest BCUT2D eigenvalue weighted by Gasteiger charge is 2.13. The van der Waals surface area contributed by atoms with E-state index < -0.39 is 0 Å². The molecule has 6 heteroatoms. The zero-order chi connectivity index (χ0) is 13.8. The van der Waals surface area contributed by atoms with Gasteiger partial charge in [-0.05, 0) is 58.8 Å². The van der Waals surface area contributed by atoms with Gasteiger partial charge >= 0.3 is 0 Å². The van der Waals surface area contributed by atoms with Crippen LogP contribution < -0.4 is 5.32 Å². The topological polar surface area (TPSA) is 68.1 Å². The molecular formula is C13H12IN3O2. The van der Waals surface area contributed by atoms with Gasteiger partial charge < -0.3 is 5.32 Å². The molecule has 1 aromatic carbocycles. The van der Waals surface area contributed by atoms with Gasteiger partial charge in [-0.2, -0.15) is 0 Å². The van der Waals surface area contributed by atoms with Crippen molar-refractivity contribution in [2.45, 2.75) is 13.5 Å². The van der Waals surface area contributed by atoms with Gasteiger partial charge in [-0.15, -0.1) is 0 Å². The Hall–Kier alpha value is -1.70. The minimum absolute atomic E-state index is 0.0912. The molecule has 5 nitrogen and oxygen atoms in total. The van der Waals surface area contributed by atoms with E-state index in [2.05, 4.69) is 32.9 Å². The Labute approximate surface area is 124 Å². The van der Waals surface area contributed by atoms with E-state index in [1.807, 2.05) is 19.1 Å². The van der Waals surface area contributed by atoms with Crippen molar-refractivity contribution in [3.05, 3.63) is 61.5 Å². The Balaban J connectivity index is 2.20. The molecule has 1 heterocycles. The standard InChI is InChI=1S/C13H12IN3O2/c1-9-4-5-15-7-10(9)8-16-12-3-2-11(14)6-13(12)17(18)19/h2-7,16H,8H2,1H3. The van der Waals surface area contributed by atoms with Gasteiger partial charge in [-0.25, -0.2) is 0 Å². The van der Waals surface area contributed by atoms with Gasteiger partial charge in [0.1, 0.15) is 5.69 Å². The van der Waals surface area contributed by atoms with Crippen LogP contribution in [0.25, 0.3) is 0 Å². The second-order valence-corrected chi connectivity index (χ2v) is 5.32. The molecular weight excluding hydrogens is 357 g/mol. The number of anilines is 1. The van der Waals surface area contributed by atoms with Crippen molar-refractivity contribution in [3.8, 4) is 0 Å². The number of nitrogens with one attached hydrogen (secondary N) is 1. The number of nitrogens with zero attached hydrogens (tertiary/aromatic N) is 2. The molecule has 0 bridgehead atoms. The third kappa shape index (κ3) is 3.40. The number of aryl methyl sites for hydroxylation is 1. The monoisotopic (exact) mass is 369 g/mol. The van der Waals surface area contributed by atoms with E-state index >= 15 is 0 Å². The molecule has 0 unspecified atom stereocenters. The van der Waals surface area contributed by atoms with Crippen molar-refractivity contribution >= 4 is 34.0 Å². The zero-order valence-corrected chi connectivity index (χ0v) is 12.4. The Morgan fingerprint density at radius 2 is 2.21 bits per heavy atom. The van der Waals surface area contributed by atoms with Crippen LogP contribution >= 0.6 is 22.6 Å². The third-order valence-electron chi connectivity index (χ3n) is 2.77. The molecule has 0 aliphatic heterocycles. The Morgan fingerprint density at radius 1 is 1.42 bits per heavy atom. The summed E-state index contributed by atoms with van der Waals surface area (Å²) in [6.07, 6.45) is 3.49. The Bertz CT molecular complexity index is 617. The summed E-state index contributed by atoms with van der Waals surface area (Å²) in [7, 11) is 0. The molecule has 0 spiro atoms. The number of pyridine rings is 1. The molecule has 0 radical (unpaired) electrons. The SMILES string of the molecule is Cc1ccncc1CNc1ccc(I)cc1[N+](=O)[O-]. The maximum Gasteiger partial charge on any atom is 0.293 e. The average Bonchev–Trinajstić information content (AvgIpc) is 2.38. The molecule has 0 saturated heterocycles. The molecule has 0 saturated carbocycles. The van der Waals surface area contributed by atoms with E-state index in [0.29, 0.717) is 12.2 Å². The van der Waals surface area contributed by atoms with E-state index in [9.17, 15) is 10.1 Å². The molecule has 0 atom stereocenters. The van der Waals surface area contributed by atoms with Gasteiger partial charge in [-0.1, -0.05) is 0 Å².